The molecule has 0 radical (unpaired) electrons. The van der Waals surface area contributed by atoms with Crippen LogP contribution in [0.25, 0.3) is 0 Å². The van der Waals surface area contributed by atoms with Gasteiger partial charge in [-0.2, -0.15) is 0 Å². The first-order valence-electron chi connectivity index (χ1n) is 11.3. The van der Waals surface area contributed by atoms with Crippen LogP contribution in [0.1, 0.15) is 57.6 Å². The number of aliphatic hydroxyl groups is 1. The molecule has 4 heterocycles. The number of nitrogens with one attached hydrogen (secondary N) is 2. The summed E-state index contributed by atoms with van der Waals surface area (Å²) >= 11 is 0. The number of hydrogen-bond donors (Lipinski definition) is 3. The number of carbonyl (C=O) groups is 2. The van der Waals surface area contributed by atoms with E-state index in [0.717, 1.165) is 58.2 Å². The van der Waals surface area contributed by atoms with E-state index in [1.807, 2.05) is 10.9 Å². The average Bonchev–Trinajstić information content (AvgIpc) is 3.21. The maximum atomic E-state index is 12.6. The highest BCUT2D eigenvalue weighted by Gasteiger charge is 2.43. The quantitative estimate of drug-likeness (QED) is 0.553. The van der Waals surface area contributed by atoms with E-state index in [0.29, 0.717) is 30.7 Å². The largest absolute Gasteiger partial charge is 0.383 e. The van der Waals surface area contributed by atoms with Crippen molar-refractivity contribution in [3.05, 3.63) is 11.9 Å². The first kappa shape index (κ1) is 21.2. The molecule has 4 fully saturated rings. The number of piperidine rings is 3. The molecule has 1 saturated carbocycles. The van der Waals surface area contributed by atoms with Crippen molar-refractivity contribution in [3.8, 4) is 0 Å². The molecule has 9 heteroatoms. The highest BCUT2D eigenvalue weighted by atomic mass is 16.3. The van der Waals surface area contributed by atoms with Gasteiger partial charge in [0.25, 0.3) is 0 Å². The molecule has 3 saturated heterocycles. The van der Waals surface area contributed by atoms with Crippen molar-refractivity contribution in [2.24, 2.45) is 11.8 Å². The predicted molar refractivity (Wildman–Crippen MR) is 110 cm³/mol. The molecule has 30 heavy (non-hydrogen) atoms. The molecular formula is C21H34N6O3. The second-order valence-corrected chi connectivity index (χ2v) is 9.23. The fraction of sp³-hybridized carbons (Fsp3) is 0.810. The summed E-state index contributed by atoms with van der Waals surface area (Å²) in [5, 5.41) is 25.1. The standard InChI is InChI=1S/C21H34N6O3/c1-15(28)22-8-9-23-20(29)18-13-26-10-5-16(18)11-17(26)12-27-14-19(24-25-27)21(30)6-3-2-4-7-21/h14,16-18,30H,2-13H2,1H3,(H,22,28)(H,23,29)/t16-,17+,18+/m0/s1. The third-order valence-electron chi connectivity index (χ3n) is 7.11. The number of amides is 2. The van der Waals surface area contributed by atoms with Crippen LogP contribution in [0.5, 0.6) is 0 Å². The summed E-state index contributed by atoms with van der Waals surface area (Å²) in [6.07, 6.45) is 8.72. The Hall–Kier alpha value is -2.00. The second kappa shape index (κ2) is 9.01. The van der Waals surface area contributed by atoms with Crippen LogP contribution in [-0.2, 0) is 21.7 Å². The summed E-state index contributed by atoms with van der Waals surface area (Å²) in [6.45, 7) is 4.93. The molecule has 1 aliphatic carbocycles. The van der Waals surface area contributed by atoms with Gasteiger partial charge in [-0.15, -0.1) is 5.10 Å². The lowest BCUT2D eigenvalue weighted by Crippen LogP contribution is -2.58. The smallest absolute Gasteiger partial charge is 0.224 e. The summed E-state index contributed by atoms with van der Waals surface area (Å²) in [5.41, 5.74) is -0.113. The number of rotatable bonds is 7. The van der Waals surface area contributed by atoms with Crippen molar-refractivity contribution in [3.63, 3.8) is 0 Å². The minimum atomic E-state index is -0.817. The summed E-state index contributed by atoms with van der Waals surface area (Å²) in [4.78, 5) is 25.9. The molecular weight excluding hydrogens is 384 g/mol. The van der Waals surface area contributed by atoms with Crippen molar-refractivity contribution < 1.29 is 14.7 Å². The van der Waals surface area contributed by atoms with Gasteiger partial charge in [-0.1, -0.05) is 24.5 Å². The van der Waals surface area contributed by atoms with Crippen LogP contribution < -0.4 is 10.6 Å². The average molecular weight is 419 g/mol. The number of nitrogens with zero attached hydrogens (tertiary/aromatic N) is 4. The zero-order chi connectivity index (χ0) is 21.1. The van der Waals surface area contributed by atoms with Gasteiger partial charge in [0.15, 0.2) is 0 Å². The lowest BCUT2D eigenvalue weighted by molar-refractivity contribution is -0.133. The van der Waals surface area contributed by atoms with Crippen LogP contribution >= 0.6 is 0 Å². The van der Waals surface area contributed by atoms with Crippen molar-refractivity contribution >= 4 is 11.8 Å². The molecule has 1 aromatic rings. The fourth-order valence-corrected chi connectivity index (χ4v) is 5.39. The van der Waals surface area contributed by atoms with E-state index in [1.54, 1.807) is 0 Å². The first-order chi connectivity index (χ1) is 14.4. The van der Waals surface area contributed by atoms with Crippen LogP contribution in [0, 0.1) is 11.8 Å². The number of hydrogen-bond acceptors (Lipinski definition) is 6. The maximum Gasteiger partial charge on any atom is 0.224 e. The summed E-state index contributed by atoms with van der Waals surface area (Å²) in [5.74, 6) is 0.408. The Balaban J connectivity index is 1.30. The molecule has 0 aromatic carbocycles. The second-order valence-electron chi connectivity index (χ2n) is 9.23. The zero-order valence-electron chi connectivity index (χ0n) is 17.8. The SMILES string of the molecule is CC(=O)NCCNC(=O)[C@@H]1CN2CC[C@H]1C[C@@H]2Cn1cc(C2(O)CCCCC2)nn1. The summed E-state index contributed by atoms with van der Waals surface area (Å²) in [7, 11) is 0. The van der Waals surface area contributed by atoms with Gasteiger partial charge >= 0.3 is 0 Å². The van der Waals surface area contributed by atoms with Gasteiger partial charge in [0.1, 0.15) is 11.3 Å². The topological polar surface area (TPSA) is 112 Å². The van der Waals surface area contributed by atoms with Crippen molar-refractivity contribution in [2.45, 2.75) is 70.1 Å². The third-order valence-corrected chi connectivity index (χ3v) is 7.11. The predicted octanol–water partition coefficient (Wildman–Crippen LogP) is 0.393. The lowest BCUT2D eigenvalue weighted by atomic mass is 9.75. The van der Waals surface area contributed by atoms with Gasteiger partial charge in [-0.05, 0) is 38.1 Å². The number of fused-ring (bicyclic) bond motifs is 3. The Morgan fingerprint density at radius 3 is 2.70 bits per heavy atom. The monoisotopic (exact) mass is 418 g/mol. The van der Waals surface area contributed by atoms with Crippen molar-refractivity contribution in [1.29, 1.82) is 0 Å². The van der Waals surface area contributed by atoms with Crippen LogP contribution in [0.3, 0.4) is 0 Å². The van der Waals surface area contributed by atoms with Crippen molar-refractivity contribution in [1.82, 2.24) is 30.5 Å². The van der Waals surface area contributed by atoms with E-state index in [-0.39, 0.29) is 17.7 Å². The highest BCUT2D eigenvalue weighted by Crippen LogP contribution is 2.38. The van der Waals surface area contributed by atoms with E-state index in [4.69, 9.17) is 0 Å². The van der Waals surface area contributed by atoms with Crippen LogP contribution in [-0.4, -0.2) is 69.0 Å². The third kappa shape index (κ3) is 4.67. The molecule has 2 bridgehead atoms. The van der Waals surface area contributed by atoms with Gasteiger partial charge in [-0.3, -0.25) is 19.2 Å². The molecule has 2 amide bonds. The Bertz CT molecular complexity index is 760. The Kier molecular flexibility index (Phi) is 6.38. The number of carbonyl (C=O) groups excluding carboxylic acids is 2. The normalized spacial score (nSPS) is 30.1. The Labute approximate surface area is 177 Å². The molecule has 3 aliphatic heterocycles. The van der Waals surface area contributed by atoms with Crippen LogP contribution in [0.4, 0.5) is 0 Å². The highest BCUT2D eigenvalue weighted by molar-refractivity contribution is 5.79. The first-order valence-corrected chi connectivity index (χ1v) is 11.3. The summed E-state index contributed by atoms with van der Waals surface area (Å²) in [6, 6.07) is 0.350. The summed E-state index contributed by atoms with van der Waals surface area (Å²) < 4.78 is 1.87. The minimum Gasteiger partial charge on any atom is -0.383 e. The Morgan fingerprint density at radius 1 is 1.23 bits per heavy atom. The van der Waals surface area contributed by atoms with Crippen LogP contribution in [0.2, 0.25) is 0 Å². The van der Waals surface area contributed by atoms with Gasteiger partial charge in [0.2, 0.25) is 11.8 Å². The molecule has 5 rings (SSSR count). The molecule has 1 unspecified atom stereocenters. The van der Waals surface area contributed by atoms with Crippen LogP contribution in [0.15, 0.2) is 6.20 Å². The van der Waals surface area contributed by atoms with Crippen molar-refractivity contribution in [2.75, 3.05) is 26.2 Å². The molecule has 3 N–H and O–H groups in total. The molecule has 4 atom stereocenters. The Morgan fingerprint density at radius 2 is 2.00 bits per heavy atom. The molecule has 1 aromatic heterocycles. The molecule has 9 nitrogen and oxygen atoms in total. The van der Waals surface area contributed by atoms with Gasteiger partial charge in [0, 0.05) is 32.6 Å². The van der Waals surface area contributed by atoms with E-state index in [9.17, 15) is 14.7 Å². The zero-order valence-corrected chi connectivity index (χ0v) is 17.8. The van der Waals surface area contributed by atoms with Gasteiger partial charge in [-0.25, -0.2) is 0 Å². The molecule has 166 valence electrons. The minimum absolute atomic E-state index is 0.0154. The number of aromatic nitrogens is 3. The van der Waals surface area contributed by atoms with E-state index in [2.05, 4.69) is 25.8 Å². The van der Waals surface area contributed by atoms with E-state index >= 15 is 0 Å². The lowest BCUT2D eigenvalue weighted by Gasteiger charge is -2.49. The molecule has 0 spiro atoms. The van der Waals surface area contributed by atoms with E-state index < -0.39 is 5.60 Å². The fourth-order valence-electron chi connectivity index (χ4n) is 5.39. The van der Waals surface area contributed by atoms with Gasteiger partial charge < -0.3 is 15.7 Å². The van der Waals surface area contributed by atoms with Gasteiger partial charge in [0.05, 0.1) is 18.7 Å². The maximum absolute atomic E-state index is 12.6. The van der Waals surface area contributed by atoms with E-state index in [1.165, 1.54) is 13.3 Å². The molecule has 4 aliphatic rings.